The van der Waals surface area contributed by atoms with E-state index in [4.69, 9.17) is 4.74 Å². The average Bonchev–Trinajstić information content (AvgIpc) is 2.36. The standard InChI is InChI=1S/C8H12O2/c9-8-7-3-1-2-6(7)4-5-10-8/h6,9H,1-5H2/p-1. The first-order valence-electron chi connectivity index (χ1n) is 3.91. The summed E-state index contributed by atoms with van der Waals surface area (Å²) in [5.74, 6) is 0.565. The summed E-state index contributed by atoms with van der Waals surface area (Å²) < 4.78 is 4.92. The first-order chi connectivity index (χ1) is 4.88. The maximum absolute atomic E-state index is 11.0. The Balaban J connectivity index is 2.25. The molecule has 56 valence electrons. The zero-order chi connectivity index (χ0) is 6.97. The average molecular weight is 139 g/mol. The Kier molecular flexibility index (Phi) is 1.33. The van der Waals surface area contributed by atoms with Crippen molar-refractivity contribution in [3.8, 4) is 0 Å². The van der Waals surface area contributed by atoms with E-state index >= 15 is 0 Å². The smallest absolute Gasteiger partial charge is 0.0507 e. The minimum Gasteiger partial charge on any atom is -0.613 e. The van der Waals surface area contributed by atoms with Gasteiger partial charge < -0.3 is 9.84 Å². The van der Waals surface area contributed by atoms with Crippen LogP contribution in [0.15, 0.2) is 11.5 Å². The Hall–Kier alpha value is -0.660. The third kappa shape index (κ3) is 0.789. The van der Waals surface area contributed by atoms with Crippen LogP contribution in [-0.4, -0.2) is 6.61 Å². The predicted molar refractivity (Wildman–Crippen MR) is 34.9 cm³/mol. The summed E-state index contributed by atoms with van der Waals surface area (Å²) in [7, 11) is 0. The highest BCUT2D eigenvalue weighted by molar-refractivity contribution is 5.13. The fraction of sp³-hybridized carbons (Fsp3) is 0.750. The molecule has 1 atom stereocenters. The summed E-state index contributed by atoms with van der Waals surface area (Å²) in [6.07, 6.45) is 4.46. The molecule has 0 aromatic rings. The maximum atomic E-state index is 11.0. The van der Waals surface area contributed by atoms with Gasteiger partial charge in [0.05, 0.1) is 5.95 Å². The van der Waals surface area contributed by atoms with Crippen LogP contribution in [0.1, 0.15) is 25.7 Å². The van der Waals surface area contributed by atoms with Crippen molar-refractivity contribution in [2.45, 2.75) is 25.7 Å². The van der Waals surface area contributed by atoms with E-state index in [1.54, 1.807) is 0 Å². The molecule has 2 aliphatic rings. The largest absolute Gasteiger partial charge is 0.613 e. The quantitative estimate of drug-likeness (QED) is 0.496. The van der Waals surface area contributed by atoms with Gasteiger partial charge in [0.2, 0.25) is 0 Å². The lowest BCUT2D eigenvalue weighted by atomic mass is 9.99. The maximum Gasteiger partial charge on any atom is 0.0507 e. The zero-order valence-corrected chi connectivity index (χ0v) is 5.93. The van der Waals surface area contributed by atoms with E-state index in [0.29, 0.717) is 12.5 Å². The molecule has 1 heterocycles. The van der Waals surface area contributed by atoms with Gasteiger partial charge >= 0.3 is 0 Å². The minimum atomic E-state index is -0.0197. The summed E-state index contributed by atoms with van der Waals surface area (Å²) in [6, 6.07) is 0. The molecule has 2 nitrogen and oxygen atoms in total. The molecule has 1 aliphatic carbocycles. The summed E-state index contributed by atoms with van der Waals surface area (Å²) in [5, 5.41) is 11.0. The van der Waals surface area contributed by atoms with Gasteiger partial charge in [0.1, 0.15) is 0 Å². The summed E-state index contributed by atoms with van der Waals surface area (Å²) in [6.45, 7) is 0.646. The molecule has 1 fully saturated rings. The summed E-state index contributed by atoms with van der Waals surface area (Å²) in [5.41, 5.74) is 1.06. The van der Waals surface area contributed by atoms with E-state index in [1.807, 2.05) is 0 Å². The Bertz CT molecular complexity index is 172. The van der Waals surface area contributed by atoms with Crippen LogP contribution in [0.3, 0.4) is 0 Å². The normalized spacial score (nSPS) is 31.8. The van der Waals surface area contributed by atoms with E-state index in [-0.39, 0.29) is 5.95 Å². The predicted octanol–water partition coefficient (Wildman–Crippen LogP) is 0.779. The minimum absolute atomic E-state index is 0.0197. The van der Waals surface area contributed by atoms with Crippen LogP contribution < -0.4 is 5.11 Å². The molecule has 0 spiro atoms. The molecule has 2 rings (SSSR count). The highest BCUT2D eigenvalue weighted by atomic mass is 16.6. The van der Waals surface area contributed by atoms with Gasteiger partial charge in [0.15, 0.2) is 0 Å². The molecular formula is C8H11O2-. The molecule has 1 aliphatic heterocycles. The van der Waals surface area contributed by atoms with Crippen LogP contribution in [0, 0.1) is 5.92 Å². The molecule has 1 unspecified atom stereocenters. The molecule has 0 amide bonds. The van der Waals surface area contributed by atoms with Gasteiger partial charge in [-0.1, -0.05) is 0 Å². The van der Waals surface area contributed by atoms with Crippen molar-refractivity contribution in [2.75, 3.05) is 6.61 Å². The molecule has 0 saturated heterocycles. The van der Waals surface area contributed by atoms with Gasteiger partial charge in [0.25, 0.3) is 0 Å². The van der Waals surface area contributed by atoms with Gasteiger partial charge in [0, 0.05) is 0 Å². The number of allylic oxidation sites excluding steroid dienone is 1. The highest BCUT2D eigenvalue weighted by Gasteiger charge is 2.23. The molecule has 1 saturated carbocycles. The van der Waals surface area contributed by atoms with Gasteiger partial charge in [-0.05, 0) is 43.8 Å². The van der Waals surface area contributed by atoms with E-state index in [0.717, 1.165) is 18.4 Å². The SMILES string of the molecule is [O-]C1=C2CCCC2CCO1. The first-order valence-corrected chi connectivity index (χ1v) is 3.91. The van der Waals surface area contributed by atoms with Crippen molar-refractivity contribution in [1.29, 1.82) is 0 Å². The van der Waals surface area contributed by atoms with Crippen LogP contribution >= 0.6 is 0 Å². The molecule has 0 bridgehead atoms. The van der Waals surface area contributed by atoms with E-state index in [2.05, 4.69) is 0 Å². The molecule has 0 N–H and O–H groups in total. The second kappa shape index (κ2) is 2.19. The van der Waals surface area contributed by atoms with Crippen molar-refractivity contribution in [3.63, 3.8) is 0 Å². The van der Waals surface area contributed by atoms with E-state index < -0.39 is 0 Å². The lowest BCUT2D eigenvalue weighted by molar-refractivity contribution is -0.362. The van der Waals surface area contributed by atoms with Gasteiger partial charge in [-0.25, -0.2) is 0 Å². The number of fused-ring (bicyclic) bond motifs is 1. The van der Waals surface area contributed by atoms with Crippen molar-refractivity contribution < 1.29 is 9.84 Å². The fourth-order valence-corrected chi connectivity index (χ4v) is 1.89. The Morgan fingerprint density at radius 3 is 3.10 bits per heavy atom. The zero-order valence-electron chi connectivity index (χ0n) is 5.93. The third-order valence-electron chi connectivity index (χ3n) is 2.45. The van der Waals surface area contributed by atoms with Crippen LogP contribution in [0.2, 0.25) is 0 Å². The number of rotatable bonds is 0. The van der Waals surface area contributed by atoms with Crippen molar-refractivity contribution in [1.82, 2.24) is 0 Å². The van der Waals surface area contributed by atoms with Crippen LogP contribution in [0.4, 0.5) is 0 Å². The van der Waals surface area contributed by atoms with E-state index in [1.165, 1.54) is 12.8 Å². The van der Waals surface area contributed by atoms with Crippen molar-refractivity contribution >= 4 is 0 Å². The highest BCUT2D eigenvalue weighted by Crippen LogP contribution is 2.37. The lowest BCUT2D eigenvalue weighted by Gasteiger charge is -2.28. The number of ether oxygens (including phenoxy) is 1. The second-order valence-electron chi connectivity index (χ2n) is 3.04. The molecule has 2 heteroatoms. The van der Waals surface area contributed by atoms with Crippen LogP contribution in [-0.2, 0) is 4.74 Å². The van der Waals surface area contributed by atoms with Crippen molar-refractivity contribution in [2.24, 2.45) is 5.92 Å². The third-order valence-corrected chi connectivity index (χ3v) is 2.45. The van der Waals surface area contributed by atoms with Gasteiger partial charge in [-0.15, -0.1) is 0 Å². The second-order valence-corrected chi connectivity index (χ2v) is 3.04. The lowest BCUT2D eigenvalue weighted by Crippen LogP contribution is -2.20. The topological polar surface area (TPSA) is 32.3 Å². The molecular weight excluding hydrogens is 128 g/mol. The Morgan fingerprint density at radius 2 is 2.30 bits per heavy atom. The van der Waals surface area contributed by atoms with Crippen molar-refractivity contribution in [3.05, 3.63) is 11.5 Å². The van der Waals surface area contributed by atoms with Crippen LogP contribution in [0.25, 0.3) is 0 Å². The molecule has 0 aromatic carbocycles. The van der Waals surface area contributed by atoms with Crippen LogP contribution in [0.5, 0.6) is 0 Å². The molecule has 10 heavy (non-hydrogen) atoms. The molecule has 0 aromatic heterocycles. The van der Waals surface area contributed by atoms with Gasteiger partial charge in [-0.2, -0.15) is 0 Å². The Labute approximate surface area is 60.5 Å². The summed E-state index contributed by atoms with van der Waals surface area (Å²) in [4.78, 5) is 0. The molecule has 0 radical (unpaired) electrons. The number of hydrogen-bond acceptors (Lipinski definition) is 2. The summed E-state index contributed by atoms with van der Waals surface area (Å²) >= 11 is 0. The first kappa shape index (κ1) is 6.08. The Morgan fingerprint density at radius 1 is 1.40 bits per heavy atom. The monoisotopic (exact) mass is 139 g/mol. The van der Waals surface area contributed by atoms with E-state index in [9.17, 15) is 5.11 Å². The number of hydrogen-bond donors (Lipinski definition) is 0. The fourth-order valence-electron chi connectivity index (χ4n) is 1.89. The van der Waals surface area contributed by atoms with Gasteiger partial charge in [-0.3, -0.25) is 0 Å².